The molecular formula is C13H22N2O5. The van der Waals surface area contributed by atoms with Gasteiger partial charge in [0, 0.05) is 13.6 Å². The number of ether oxygens (including phenoxy) is 1. The van der Waals surface area contributed by atoms with E-state index < -0.39 is 30.1 Å². The van der Waals surface area contributed by atoms with Crippen molar-refractivity contribution in [2.75, 3.05) is 20.2 Å². The maximum absolute atomic E-state index is 12.3. The third-order valence-electron chi connectivity index (χ3n) is 3.55. The van der Waals surface area contributed by atoms with Crippen molar-refractivity contribution in [3.8, 4) is 0 Å². The molecule has 0 aromatic rings. The summed E-state index contributed by atoms with van der Waals surface area (Å²) in [6.07, 6.45) is 2.21. The molecule has 20 heavy (non-hydrogen) atoms. The number of likely N-dealkylation sites (tertiary alicyclic amines) is 1. The number of urea groups is 1. The van der Waals surface area contributed by atoms with E-state index in [-0.39, 0.29) is 6.61 Å². The Kier molecular flexibility index (Phi) is 5.79. The van der Waals surface area contributed by atoms with Crippen LogP contribution in [0.3, 0.4) is 0 Å². The zero-order valence-electron chi connectivity index (χ0n) is 12.2. The first kappa shape index (κ1) is 16.3. The number of nitrogens with zero attached hydrogens (tertiary/aromatic N) is 2. The number of rotatable bonds is 4. The topological polar surface area (TPSA) is 87.2 Å². The van der Waals surface area contributed by atoms with Crippen molar-refractivity contribution in [1.82, 2.24) is 9.80 Å². The number of hydrogen-bond donors (Lipinski definition) is 1. The first-order valence-electron chi connectivity index (χ1n) is 6.83. The molecule has 1 aliphatic rings. The Morgan fingerprint density at radius 3 is 2.60 bits per heavy atom. The van der Waals surface area contributed by atoms with Crippen LogP contribution in [0, 0.1) is 0 Å². The second kappa shape index (κ2) is 7.12. The van der Waals surface area contributed by atoms with Crippen molar-refractivity contribution >= 4 is 18.0 Å². The average Bonchev–Trinajstić information content (AvgIpc) is 2.45. The zero-order valence-corrected chi connectivity index (χ0v) is 12.2. The van der Waals surface area contributed by atoms with Crippen LogP contribution >= 0.6 is 0 Å². The number of amides is 2. The van der Waals surface area contributed by atoms with E-state index in [2.05, 4.69) is 0 Å². The second-order valence-electron chi connectivity index (χ2n) is 4.86. The fraction of sp³-hybridized carbons (Fsp3) is 0.769. The number of likely N-dealkylation sites (N-methyl/N-ethyl adjacent to an activating group) is 1. The van der Waals surface area contributed by atoms with Gasteiger partial charge in [0.1, 0.15) is 12.1 Å². The van der Waals surface area contributed by atoms with Gasteiger partial charge in [0.05, 0.1) is 6.61 Å². The molecule has 0 aromatic heterocycles. The summed E-state index contributed by atoms with van der Waals surface area (Å²) in [5.41, 5.74) is 0. The Balaban J connectivity index is 2.81. The van der Waals surface area contributed by atoms with E-state index in [1.807, 2.05) is 0 Å². The smallest absolute Gasteiger partial charge is 0.328 e. The van der Waals surface area contributed by atoms with E-state index in [9.17, 15) is 14.4 Å². The molecule has 1 heterocycles. The minimum atomic E-state index is -1.08. The first-order valence-corrected chi connectivity index (χ1v) is 6.83. The van der Waals surface area contributed by atoms with Crippen molar-refractivity contribution in [2.45, 2.75) is 45.2 Å². The van der Waals surface area contributed by atoms with Crippen LogP contribution in [-0.2, 0) is 14.3 Å². The largest absolute Gasteiger partial charge is 0.480 e. The summed E-state index contributed by atoms with van der Waals surface area (Å²) in [5, 5.41) is 8.95. The summed E-state index contributed by atoms with van der Waals surface area (Å²) in [7, 11) is 1.43. The summed E-state index contributed by atoms with van der Waals surface area (Å²) in [5.74, 6) is -1.50. The van der Waals surface area contributed by atoms with Gasteiger partial charge in [0.2, 0.25) is 0 Å². The van der Waals surface area contributed by atoms with Gasteiger partial charge >= 0.3 is 18.0 Å². The number of hydrogen-bond acceptors (Lipinski definition) is 4. The van der Waals surface area contributed by atoms with Crippen LogP contribution in [-0.4, -0.2) is 65.2 Å². The molecule has 0 radical (unpaired) electrons. The SMILES string of the molecule is CCOC(=O)C1CCCCN1C(=O)N(C)C(C)C(=O)O. The lowest BCUT2D eigenvalue weighted by molar-refractivity contribution is -0.149. The van der Waals surface area contributed by atoms with Crippen LogP contribution in [0.4, 0.5) is 4.79 Å². The van der Waals surface area contributed by atoms with Gasteiger partial charge in [0.25, 0.3) is 0 Å². The van der Waals surface area contributed by atoms with Gasteiger partial charge < -0.3 is 19.6 Å². The van der Waals surface area contributed by atoms with Gasteiger partial charge in [-0.15, -0.1) is 0 Å². The van der Waals surface area contributed by atoms with E-state index in [0.29, 0.717) is 13.0 Å². The summed E-state index contributed by atoms with van der Waals surface area (Å²) in [6.45, 7) is 3.85. The van der Waals surface area contributed by atoms with Crippen molar-refractivity contribution < 1.29 is 24.2 Å². The van der Waals surface area contributed by atoms with E-state index in [1.54, 1.807) is 6.92 Å². The zero-order chi connectivity index (χ0) is 15.3. The molecule has 1 fully saturated rings. The number of carbonyl (C=O) groups excluding carboxylic acids is 2. The molecule has 7 heteroatoms. The molecule has 0 spiro atoms. The third kappa shape index (κ3) is 3.61. The van der Waals surface area contributed by atoms with Gasteiger partial charge in [-0.05, 0) is 33.1 Å². The maximum atomic E-state index is 12.3. The molecule has 0 aliphatic carbocycles. The minimum absolute atomic E-state index is 0.263. The highest BCUT2D eigenvalue weighted by molar-refractivity contribution is 5.86. The predicted molar refractivity (Wildman–Crippen MR) is 71.2 cm³/mol. The second-order valence-corrected chi connectivity index (χ2v) is 4.86. The average molecular weight is 286 g/mol. The van der Waals surface area contributed by atoms with Gasteiger partial charge in [-0.3, -0.25) is 0 Å². The lowest BCUT2D eigenvalue weighted by Crippen LogP contribution is -2.55. The standard InChI is InChI=1S/C13H22N2O5/c1-4-20-12(18)10-7-5-6-8-15(10)13(19)14(3)9(2)11(16)17/h9-10H,4-8H2,1-3H3,(H,16,17). The number of carbonyl (C=O) groups is 3. The van der Waals surface area contributed by atoms with Gasteiger partial charge in [-0.2, -0.15) is 0 Å². The van der Waals surface area contributed by atoms with Crippen molar-refractivity contribution in [1.29, 1.82) is 0 Å². The Bertz CT molecular complexity index is 385. The highest BCUT2D eigenvalue weighted by Crippen LogP contribution is 2.20. The molecule has 2 amide bonds. The van der Waals surface area contributed by atoms with Crippen LogP contribution in [0.25, 0.3) is 0 Å². The van der Waals surface area contributed by atoms with E-state index in [4.69, 9.17) is 9.84 Å². The Morgan fingerprint density at radius 2 is 2.05 bits per heavy atom. The number of carboxylic acids is 1. The molecule has 0 aromatic carbocycles. The highest BCUT2D eigenvalue weighted by Gasteiger charge is 2.36. The molecule has 0 saturated carbocycles. The van der Waals surface area contributed by atoms with Crippen LogP contribution in [0.2, 0.25) is 0 Å². The Morgan fingerprint density at radius 1 is 1.40 bits per heavy atom. The van der Waals surface area contributed by atoms with E-state index in [0.717, 1.165) is 17.7 Å². The molecular weight excluding hydrogens is 264 g/mol. The number of carboxylic acid groups (broad SMARTS) is 1. The quantitative estimate of drug-likeness (QED) is 0.777. The molecule has 114 valence electrons. The van der Waals surface area contributed by atoms with Crippen molar-refractivity contribution in [3.05, 3.63) is 0 Å². The fourth-order valence-electron chi connectivity index (χ4n) is 2.18. The van der Waals surface area contributed by atoms with Crippen LogP contribution in [0.15, 0.2) is 0 Å². The van der Waals surface area contributed by atoms with Gasteiger partial charge in [-0.25, -0.2) is 14.4 Å². The molecule has 1 N–H and O–H groups in total. The molecule has 0 bridgehead atoms. The number of esters is 1. The fourth-order valence-corrected chi connectivity index (χ4v) is 2.18. The summed E-state index contributed by atoms with van der Waals surface area (Å²) in [4.78, 5) is 37.7. The monoisotopic (exact) mass is 286 g/mol. The maximum Gasteiger partial charge on any atom is 0.328 e. The van der Waals surface area contributed by atoms with Crippen LogP contribution in [0.1, 0.15) is 33.1 Å². The predicted octanol–water partition coefficient (Wildman–Crippen LogP) is 0.929. The normalized spacial score (nSPS) is 20.1. The molecule has 1 rings (SSSR count). The first-order chi connectivity index (χ1) is 9.40. The van der Waals surface area contributed by atoms with Crippen LogP contribution in [0.5, 0.6) is 0 Å². The summed E-state index contributed by atoms with van der Waals surface area (Å²) in [6, 6.07) is -2.00. The highest BCUT2D eigenvalue weighted by atomic mass is 16.5. The van der Waals surface area contributed by atoms with Crippen molar-refractivity contribution in [3.63, 3.8) is 0 Å². The Labute approximate surface area is 118 Å². The summed E-state index contributed by atoms with van der Waals surface area (Å²) < 4.78 is 4.98. The molecule has 1 aliphatic heterocycles. The summed E-state index contributed by atoms with van der Waals surface area (Å²) >= 11 is 0. The van der Waals surface area contributed by atoms with E-state index >= 15 is 0 Å². The number of aliphatic carboxylic acids is 1. The van der Waals surface area contributed by atoms with E-state index in [1.165, 1.54) is 18.9 Å². The van der Waals surface area contributed by atoms with Crippen LogP contribution < -0.4 is 0 Å². The minimum Gasteiger partial charge on any atom is -0.480 e. The lowest BCUT2D eigenvalue weighted by Gasteiger charge is -2.37. The molecule has 2 unspecified atom stereocenters. The molecule has 2 atom stereocenters. The molecule has 1 saturated heterocycles. The van der Waals surface area contributed by atoms with Crippen molar-refractivity contribution in [2.24, 2.45) is 0 Å². The van der Waals surface area contributed by atoms with Gasteiger partial charge in [0.15, 0.2) is 0 Å². The van der Waals surface area contributed by atoms with Gasteiger partial charge in [-0.1, -0.05) is 0 Å². The Hall–Kier alpha value is -1.79. The number of piperidine rings is 1. The third-order valence-corrected chi connectivity index (χ3v) is 3.55. The molecule has 7 nitrogen and oxygen atoms in total. The lowest BCUT2D eigenvalue weighted by atomic mass is 10.0.